The molecule has 0 saturated carbocycles. The molecule has 1 amide bonds. The minimum Gasteiger partial charge on any atom is -0.493 e. The predicted octanol–water partition coefficient (Wildman–Crippen LogP) is 3.81. The normalized spacial score (nSPS) is 15.2. The fourth-order valence-electron chi connectivity index (χ4n) is 3.10. The fraction of sp³-hybridized carbons (Fsp3) is 0.350. The van der Waals surface area contributed by atoms with Gasteiger partial charge in [-0.25, -0.2) is 0 Å². The van der Waals surface area contributed by atoms with Crippen LogP contribution in [0.1, 0.15) is 22.8 Å². The summed E-state index contributed by atoms with van der Waals surface area (Å²) in [5.41, 5.74) is 1.95. The number of hydrogen-bond acceptors (Lipinski definition) is 3. The maximum atomic E-state index is 12.8. The lowest BCUT2D eigenvalue weighted by atomic mass is 10.1. The lowest BCUT2D eigenvalue weighted by Crippen LogP contribution is -2.48. The Labute approximate surface area is 157 Å². The van der Waals surface area contributed by atoms with Crippen molar-refractivity contribution in [3.05, 3.63) is 64.1 Å². The van der Waals surface area contributed by atoms with Crippen LogP contribution >= 0.6 is 15.9 Å². The third kappa shape index (κ3) is 4.61. The molecule has 0 atom stereocenters. The van der Waals surface area contributed by atoms with E-state index in [1.54, 1.807) is 0 Å². The van der Waals surface area contributed by atoms with Crippen LogP contribution < -0.4 is 4.74 Å². The van der Waals surface area contributed by atoms with Gasteiger partial charge in [0.2, 0.25) is 0 Å². The summed E-state index contributed by atoms with van der Waals surface area (Å²) < 4.78 is 6.70. The summed E-state index contributed by atoms with van der Waals surface area (Å²) in [6, 6.07) is 15.9. The molecule has 0 spiro atoms. The minimum absolute atomic E-state index is 0.0613. The number of para-hydroxylation sites is 1. The van der Waals surface area contributed by atoms with Gasteiger partial charge in [-0.05, 0) is 36.8 Å². The van der Waals surface area contributed by atoms with Crippen LogP contribution in [0.15, 0.2) is 53.0 Å². The van der Waals surface area contributed by atoms with E-state index in [2.05, 4.69) is 39.0 Å². The Morgan fingerprint density at radius 1 is 1.08 bits per heavy atom. The summed E-state index contributed by atoms with van der Waals surface area (Å²) >= 11 is 3.52. The third-order valence-corrected chi connectivity index (χ3v) is 4.87. The number of piperazine rings is 1. The molecule has 0 unspecified atom stereocenters. The van der Waals surface area contributed by atoms with Gasteiger partial charge in [0.05, 0.1) is 12.2 Å². The topological polar surface area (TPSA) is 32.8 Å². The van der Waals surface area contributed by atoms with Crippen molar-refractivity contribution in [2.75, 3.05) is 32.8 Å². The quantitative estimate of drug-likeness (QED) is 0.762. The number of carbonyl (C=O) groups excluding carboxylic acids is 1. The van der Waals surface area contributed by atoms with Crippen molar-refractivity contribution in [2.24, 2.45) is 0 Å². The van der Waals surface area contributed by atoms with E-state index < -0.39 is 0 Å². The second-order valence-electron chi connectivity index (χ2n) is 6.13. The number of carbonyl (C=O) groups is 1. The van der Waals surface area contributed by atoms with Crippen molar-refractivity contribution in [3.8, 4) is 5.75 Å². The Hall–Kier alpha value is -1.85. The second kappa shape index (κ2) is 8.50. The molecule has 0 N–H and O–H groups in total. The van der Waals surface area contributed by atoms with Crippen molar-refractivity contribution < 1.29 is 9.53 Å². The summed E-state index contributed by atoms with van der Waals surface area (Å²) in [6.45, 7) is 6.66. The average Bonchev–Trinajstić information content (AvgIpc) is 2.63. The summed E-state index contributed by atoms with van der Waals surface area (Å²) in [6.07, 6.45) is 0. The smallest absolute Gasteiger partial charge is 0.257 e. The molecule has 0 aromatic heterocycles. The number of nitrogens with zero attached hydrogens (tertiary/aromatic N) is 2. The van der Waals surface area contributed by atoms with Crippen LogP contribution in [-0.2, 0) is 6.54 Å². The van der Waals surface area contributed by atoms with E-state index in [1.807, 2.05) is 42.2 Å². The maximum Gasteiger partial charge on any atom is 0.257 e. The molecule has 25 heavy (non-hydrogen) atoms. The summed E-state index contributed by atoms with van der Waals surface area (Å²) in [4.78, 5) is 17.1. The zero-order valence-corrected chi connectivity index (χ0v) is 16.0. The largest absolute Gasteiger partial charge is 0.493 e. The van der Waals surface area contributed by atoms with Crippen LogP contribution in [0.4, 0.5) is 0 Å². The zero-order chi connectivity index (χ0) is 17.6. The average molecular weight is 403 g/mol. The van der Waals surface area contributed by atoms with Gasteiger partial charge >= 0.3 is 0 Å². The van der Waals surface area contributed by atoms with Crippen molar-refractivity contribution in [3.63, 3.8) is 0 Å². The lowest BCUT2D eigenvalue weighted by Gasteiger charge is -2.35. The van der Waals surface area contributed by atoms with Crippen LogP contribution in [0.5, 0.6) is 5.75 Å². The molecule has 1 aliphatic rings. The highest BCUT2D eigenvalue weighted by Gasteiger charge is 2.24. The number of benzene rings is 2. The van der Waals surface area contributed by atoms with Gasteiger partial charge in [0.15, 0.2) is 0 Å². The first-order valence-corrected chi connectivity index (χ1v) is 9.44. The fourth-order valence-corrected chi connectivity index (χ4v) is 3.54. The number of halogens is 1. The number of hydrogen-bond donors (Lipinski definition) is 0. The van der Waals surface area contributed by atoms with E-state index in [1.165, 1.54) is 5.56 Å². The highest BCUT2D eigenvalue weighted by atomic mass is 79.9. The van der Waals surface area contributed by atoms with E-state index in [4.69, 9.17) is 4.74 Å². The number of ether oxygens (including phenoxy) is 1. The van der Waals surface area contributed by atoms with E-state index >= 15 is 0 Å². The SMILES string of the molecule is CCOc1ccccc1C(=O)N1CCN(Cc2cccc(Br)c2)CC1. The molecule has 0 aliphatic carbocycles. The molecule has 1 aliphatic heterocycles. The summed E-state index contributed by atoms with van der Waals surface area (Å²) in [5, 5.41) is 0. The Kier molecular flexibility index (Phi) is 6.10. The van der Waals surface area contributed by atoms with Gasteiger partial charge in [0, 0.05) is 37.2 Å². The molecular formula is C20H23BrN2O2. The van der Waals surface area contributed by atoms with E-state index in [0.29, 0.717) is 17.9 Å². The Balaban J connectivity index is 1.59. The van der Waals surface area contributed by atoms with Crippen LogP contribution in [0.2, 0.25) is 0 Å². The Bertz CT molecular complexity index is 727. The molecular weight excluding hydrogens is 380 g/mol. The van der Waals surface area contributed by atoms with Gasteiger partial charge in [0.1, 0.15) is 5.75 Å². The number of amides is 1. The standard InChI is InChI=1S/C20H23BrN2O2/c1-2-25-19-9-4-3-8-18(19)20(24)23-12-10-22(11-13-23)15-16-6-5-7-17(21)14-16/h3-9,14H,2,10-13,15H2,1H3. The second-order valence-corrected chi connectivity index (χ2v) is 7.04. The van der Waals surface area contributed by atoms with Crippen molar-refractivity contribution in [1.29, 1.82) is 0 Å². The van der Waals surface area contributed by atoms with Gasteiger partial charge in [0.25, 0.3) is 5.91 Å². The van der Waals surface area contributed by atoms with Crippen LogP contribution in [0, 0.1) is 0 Å². The van der Waals surface area contributed by atoms with Gasteiger partial charge in [-0.3, -0.25) is 9.69 Å². The molecule has 2 aromatic rings. The highest BCUT2D eigenvalue weighted by Crippen LogP contribution is 2.21. The first-order valence-electron chi connectivity index (χ1n) is 8.65. The summed E-state index contributed by atoms with van der Waals surface area (Å²) in [7, 11) is 0. The van der Waals surface area contributed by atoms with E-state index in [0.717, 1.165) is 37.2 Å². The van der Waals surface area contributed by atoms with Crippen LogP contribution in [0.25, 0.3) is 0 Å². The van der Waals surface area contributed by atoms with Crippen molar-refractivity contribution in [1.82, 2.24) is 9.80 Å². The lowest BCUT2D eigenvalue weighted by molar-refractivity contribution is 0.0624. The molecule has 2 aromatic carbocycles. The highest BCUT2D eigenvalue weighted by molar-refractivity contribution is 9.10. The van der Waals surface area contributed by atoms with Crippen molar-refractivity contribution in [2.45, 2.75) is 13.5 Å². The molecule has 132 valence electrons. The maximum absolute atomic E-state index is 12.8. The molecule has 0 radical (unpaired) electrons. The van der Waals surface area contributed by atoms with Gasteiger partial charge in [-0.1, -0.05) is 40.2 Å². The van der Waals surface area contributed by atoms with Gasteiger partial charge in [-0.15, -0.1) is 0 Å². The minimum atomic E-state index is 0.0613. The first kappa shape index (κ1) is 18.0. The molecule has 0 bridgehead atoms. The summed E-state index contributed by atoms with van der Waals surface area (Å²) in [5.74, 6) is 0.734. The monoisotopic (exact) mass is 402 g/mol. The molecule has 1 saturated heterocycles. The number of rotatable bonds is 5. The molecule has 5 heteroatoms. The molecule has 1 heterocycles. The molecule has 4 nitrogen and oxygen atoms in total. The predicted molar refractivity (Wildman–Crippen MR) is 103 cm³/mol. The Morgan fingerprint density at radius 2 is 1.84 bits per heavy atom. The Morgan fingerprint density at radius 3 is 2.56 bits per heavy atom. The van der Waals surface area contributed by atoms with Gasteiger partial charge < -0.3 is 9.64 Å². The van der Waals surface area contributed by atoms with Crippen LogP contribution in [-0.4, -0.2) is 48.5 Å². The third-order valence-electron chi connectivity index (χ3n) is 4.37. The van der Waals surface area contributed by atoms with Gasteiger partial charge in [-0.2, -0.15) is 0 Å². The first-order chi connectivity index (χ1) is 12.2. The van der Waals surface area contributed by atoms with Crippen molar-refractivity contribution >= 4 is 21.8 Å². The molecule has 3 rings (SSSR count). The molecule has 1 fully saturated rings. The van der Waals surface area contributed by atoms with E-state index in [9.17, 15) is 4.79 Å². The van der Waals surface area contributed by atoms with E-state index in [-0.39, 0.29) is 5.91 Å². The van der Waals surface area contributed by atoms with Crippen LogP contribution in [0.3, 0.4) is 0 Å². The zero-order valence-electron chi connectivity index (χ0n) is 14.5.